The molecule has 0 aliphatic heterocycles. The van der Waals surface area contributed by atoms with Crippen LogP contribution in [0.3, 0.4) is 0 Å². The maximum atomic E-state index is 6.09. The second-order valence-electron chi connectivity index (χ2n) is 5.85. The number of hydrogen-bond acceptors (Lipinski definition) is 4. The minimum absolute atomic E-state index is 0.439. The lowest BCUT2D eigenvalue weighted by molar-refractivity contribution is 0.436. The standard InChI is InChI=1S/C21H14N4O/c1-3-9-15(10-4-1)19-23-20-22-17-13-7-8-14-18(17)25(20)21(24-19)26-16-11-5-2-6-12-16/h1-14H. The summed E-state index contributed by atoms with van der Waals surface area (Å²) in [7, 11) is 0. The molecule has 5 aromatic rings. The minimum atomic E-state index is 0.439. The van der Waals surface area contributed by atoms with Gasteiger partial charge in [0.1, 0.15) is 5.75 Å². The van der Waals surface area contributed by atoms with Crippen LogP contribution in [0.5, 0.6) is 11.8 Å². The molecular formula is C21H14N4O. The van der Waals surface area contributed by atoms with Crippen molar-refractivity contribution in [3.8, 4) is 23.1 Å². The molecule has 0 saturated heterocycles. The smallest absolute Gasteiger partial charge is 0.311 e. The highest BCUT2D eigenvalue weighted by atomic mass is 16.5. The maximum absolute atomic E-state index is 6.09. The molecule has 2 heterocycles. The van der Waals surface area contributed by atoms with Crippen molar-refractivity contribution in [3.05, 3.63) is 84.9 Å². The van der Waals surface area contributed by atoms with E-state index in [-0.39, 0.29) is 0 Å². The molecule has 0 radical (unpaired) electrons. The summed E-state index contributed by atoms with van der Waals surface area (Å²) in [5, 5.41) is 0. The zero-order chi connectivity index (χ0) is 17.3. The molecule has 0 amide bonds. The van der Waals surface area contributed by atoms with Gasteiger partial charge in [0.05, 0.1) is 11.0 Å². The molecule has 2 aromatic heterocycles. The molecule has 0 N–H and O–H groups in total. The zero-order valence-corrected chi connectivity index (χ0v) is 13.8. The topological polar surface area (TPSA) is 52.3 Å². The fourth-order valence-electron chi connectivity index (χ4n) is 2.92. The van der Waals surface area contributed by atoms with Gasteiger partial charge in [-0.05, 0) is 24.3 Å². The molecule has 5 rings (SSSR count). The van der Waals surface area contributed by atoms with Gasteiger partial charge in [-0.1, -0.05) is 60.7 Å². The lowest BCUT2D eigenvalue weighted by Crippen LogP contribution is -2.02. The zero-order valence-electron chi connectivity index (χ0n) is 13.8. The highest BCUT2D eigenvalue weighted by Crippen LogP contribution is 2.27. The third kappa shape index (κ3) is 2.46. The van der Waals surface area contributed by atoms with Crippen LogP contribution in [0.25, 0.3) is 28.2 Å². The summed E-state index contributed by atoms with van der Waals surface area (Å²) in [6, 6.07) is 27.7. The Balaban J connectivity index is 1.78. The van der Waals surface area contributed by atoms with Crippen molar-refractivity contribution in [3.63, 3.8) is 0 Å². The molecule has 0 unspecified atom stereocenters. The number of fused-ring (bicyclic) bond motifs is 3. The van der Waals surface area contributed by atoms with E-state index in [1.165, 1.54) is 0 Å². The molecule has 0 atom stereocenters. The average molecular weight is 338 g/mol. The number of nitrogens with zero attached hydrogens (tertiary/aromatic N) is 4. The molecule has 0 aliphatic carbocycles. The van der Waals surface area contributed by atoms with E-state index in [1.807, 2.05) is 89.3 Å². The minimum Gasteiger partial charge on any atom is -0.425 e. The van der Waals surface area contributed by atoms with E-state index >= 15 is 0 Å². The fourth-order valence-corrected chi connectivity index (χ4v) is 2.92. The number of aromatic nitrogens is 4. The van der Waals surface area contributed by atoms with Gasteiger partial charge >= 0.3 is 6.01 Å². The van der Waals surface area contributed by atoms with E-state index in [0.717, 1.165) is 16.6 Å². The van der Waals surface area contributed by atoms with Crippen LogP contribution in [0.15, 0.2) is 84.9 Å². The van der Waals surface area contributed by atoms with Gasteiger partial charge in [0, 0.05) is 5.56 Å². The van der Waals surface area contributed by atoms with Crippen LogP contribution in [0.4, 0.5) is 0 Å². The van der Waals surface area contributed by atoms with E-state index in [1.54, 1.807) is 0 Å². The lowest BCUT2D eigenvalue weighted by atomic mass is 10.2. The normalized spacial score (nSPS) is 11.1. The van der Waals surface area contributed by atoms with Crippen LogP contribution < -0.4 is 4.74 Å². The van der Waals surface area contributed by atoms with Crippen LogP contribution in [0.1, 0.15) is 0 Å². The highest BCUT2D eigenvalue weighted by molar-refractivity contribution is 5.80. The van der Waals surface area contributed by atoms with Gasteiger partial charge in [-0.25, -0.2) is 9.38 Å². The molecule has 26 heavy (non-hydrogen) atoms. The molecule has 5 heteroatoms. The Morgan fingerprint density at radius 2 is 1.35 bits per heavy atom. The first-order chi connectivity index (χ1) is 12.9. The first-order valence-corrected chi connectivity index (χ1v) is 8.32. The predicted molar refractivity (Wildman–Crippen MR) is 100 cm³/mol. The molecule has 5 nitrogen and oxygen atoms in total. The Morgan fingerprint density at radius 1 is 0.654 bits per heavy atom. The van der Waals surface area contributed by atoms with E-state index < -0.39 is 0 Å². The largest absolute Gasteiger partial charge is 0.425 e. The van der Waals surface area contributed by atoms with E-state index in [0.29, 0.717) is 23.4 Å². The summed E-state index contributed by atoms with van der Waals surface area (Å²) >= 11 is 0. The molecule has 3 aromatic carbocycles. The van der Waals surface area contributed by atoms with Crippen molar-refractivity contribution in [2.75, 3.05) is 0 Å². The summed E-state index contributed by atoms with van der Waals surface area (Å²) in [5.74, 6) is 1.86. The second kappa shape index (κ2) is 5.97. The predicted octanol–water partition coefficient (Wildman–Crippen LogP) is 4.74. The molecule has 0 bridgehead atoms. The van der Waals surface area contributed by atoms with Crippen molar-refractivity contribution < 1.29 is 4.74 Å². The lowest BCUT2D eigenvalue weighted by Gasteiger charge is -2.09. The summed E-state index contributed by atoms with van der Waals surface area (Å²) < 4.78 is 7.93. The maximum Gasteiger partial charge on any atom is 0.311 e. The van der Waals surface area contributed by atoms with Crippen molar-refractivity contribution in [1.29, 1.82) is 0 Å². The molecule has 124 valence electrons. The van der Waals surface area contributed by atoms with Crippen LogP contribution >= 0.6 is 0 Å². The van der Waals surface area contributed by atoms with Crippen molar-refractivity contribution in [2.24, 2.45) is 0 Å². The van der Waals surface area contributed by atoms with Gasteiger partial charge in [-0.2, -0.15) is 9.97 Å². The Kier molecular flexibility index (Phi) is 3.35. The van der Waals surface area contributed by atoms with E-state index in [2.05, 4.69) is 15.0 Å². The van der Waals surface area contributed by atoms with Gasteiger partial charge in [0.2, 0.25) is 5.78 Å². The number of imidazole rings is 1. The fraction of sp³-hybridized carbons (Fsp3) is 0. The van der Waals surface area contributed by atoms with E-state index in [4.69, 9.17) is 4.74 Å². The van der Waals surface area contributed by atoms with Gasteiger partial charge in [0.15, 0.2) is 5.82 Å². The third-order valence-electron chi connectivity index (χ3n) is 4.13. The Morgan fingerprint density at radius 3 is 2.15 bits per heavy atom. The summed E-state index contributed by atoms with van der Waals surface area (Å²) in [4.78, 5) is 14.0. The van der Waals surface area contributed by atoms with Gasteiger partial charge in [0.25, 0.3) is 0 Å². The van der Waals surface area contributed by atoms with Gasteiger partial charge in [-0.3, -0.25) is 0 Å². The van der Waals surface area contributed by atoms with Gasteiger partial charge < -0.3 is 4.74 Å². The van der Waals surface area contributed by atoms with Crippen LogP contribution in [0.2, 0.25) is 0 Å². The summed E-state index contributed by atoms with van der Waals surface area (Å²) in [6.07, 6.45) is 0. The van der Waals surface area contributed by atoms with Crippen molar-refractivity contribution in [1.82, 2.24) is 19.4 Å². The Labute approximate surface area is 149 Å². The third-order valence-corrected chi connectivity index (χ3v) is 4.13. The van der Waals surface area contributed by atoms with Crippen LogP contribution in [-0.4, -0.2) is 19.4 Å². The number of hydrogen-bond donors (Lipinski definition) is 0. The molecular weight excluding hydrogens is 324 g/mol. The number of para-hydroxylation sites is 3. The quantitative estimate of drug-likeness (QED) is 0.477. The Hall–Kier alpha value is -3.73. The monoisotopic (exact) mass is 338 g/mol. The van der Waals surface area contributed by atoms with E-state index in [9.17, 15) is 0 Å². The molecule has 0 saturated carbocycles. The van der Waals surface area contributed by atoms with Crippen molar-refractivity contribution >= 4 is 16.8 Å². The second-order valence-corrected chi connectivity index (χ2v) is 5.85. The number of rotatable bonds is 3. The first-order valence-electron chi connectivity index (χ1n) is 8.32. The first kappa shape index (κ1) is 14.6. The highest BCUT2D eigenvalue weighted by Gasteiger charge is 2.15. The summed E-state index contributed by atoms with van der Waals surface area (Å²) in [6.45, 7) is 0. The molecule has 0 spiro atoms. The van der Waals surface area contributed by atoms with Crippen molar-refractivity contribution in [2.45, 2.75) is 0 Å². The van der Waals surface area contributed by atoms with Crippen LogP contribution in [0, 0.1) is 0 Å². The average Bonchev–Trinajstić information content (AvgIpc) is 3.08. The van der Waals surface area contributed by atoms with Crippen LogP contribution in [-0.2, 0) is 0 Å². The van der Waals surface area contributed by atoms with Gasteiger partial charge in [-0.15, -0.1) is 0 Å². The summed E-state index contributed by atoms with van der Waals surface area (Å²) in [5.41, 5.74) is 2.68. The molecule has 0 fully saturated rings. The number of ether oxygens (including phenoxy) is 1. The SMILES string of the molecule is c1ccc(Oc2nc(-c3ccccc3)nc3nc4ccccc4n23)cc1. The Bertz CT molecular complexity index is 1200. The number of benzene rings is 3. The molecule has 0 aliphatic rings.